The van der Waals surface area contributed by atoms with E-state index in [1.54, 1.807) is 11.1 Å². The summed E-state index contributed by atoms with van der Waals surface area (Å²) >= 11 is 3.35. The van der Waals surface area contributed by atoms with E-state index in [0.717, 1.165) is 21.3 Å². The molecule has 1 aromatic carbocycles. The number of carbonyl (C=O) groups excluding carboxylic acids is 1. The molecular weight excluding hydrogens is 368 g/mol. The Bertz CT molecular complexity index is 699. The minimum absolute atomic E-state index is 0.00520. The van der Waals surface area contributed by atoms with Gasteiger partial charge >= 0.3 is 0 Å². The van der Waals surface area contributed by atoms with Crippen molar-refractivity contribution in [2.75, 3.05) is 18.1 Å². The molecule has 0 saturated heterocycles. The number of anilines is 1. The lowest BCUT2D eigenvalue weighted by Crippen LogP contribution is -2.35. The highest BCUT2D eigenvalue weighted by molar-refractivity contribution is 9.10. The van der Waals surface area contributed by atoms with Crippen LogP contribution in [-0.2, 0) is 4.79 Å². The highest BCUT2D eigenvalue weighted by atomic mass is 79.9. The molecule has 5 heteroatoms. The fourth-order valence-corrected chi connectivity index (χ4v) is 2.69. The van der Waals surface area contributed by atoms with E-state index in [1.165, 1.54) is 0 Å². The van der Waals surface area contributed by atoms with Gasteiger partial charge in [-0.25, -0.2) is 4.98 Å². The molecule has 0 spiro atoms. The lowest BCUT2D eigenvalue weighted by atomic mass is 10.0. The highest BCUT2D eigenvalue weighted by Gasteiger charge is 2.17. The Morgan fingerprint density at radius 1 is 1.29 bits per heavy atom. The average Bonchev–Trinajstić information content (AvgIpc) is 2.55. The van der Waals surface area contributed by atoms with Crippen LogP contribution in [0.4, 0.5) is 5.82 Å². The minimum atomic E-state index is -0.108. The molecular formula is C19H23BrN2O2. The number of carbonyl (C=O) groups is 1. The van der Waals surface area contributed by atoms with Gasteiger partial charge in [-0.2, -0.15) is 0 Å². The zero-order valence-electron chi connectivity index (χ0n) is 14.5. The molecule has 0 aliphatic rings. The minimum Gasteiger partial charge on any atom is -0.483 e. The van der Waals surface area contributed by atoms with Gasteiger partial charge in [-0.15, -0.1) is 0 Å². The highest BCUT2D eigenvalue weighted by Crippen LogP contribution is 2.27. The topological polar surface area (TPSA) is 42.4 Å². The van der Waals surface area contributed by atoms with Crippen molar-refractivity contribution in [3.8, 4) is 5.75 Å². The molecule has 0 fully saturated rings. The van der Waals surface area contributed by atoms with Gasteiger partial charge in [-0.3, -0.25) is 9.69 Å². The van der Waals surface area contributed by atoms with Crippen LogP contribution in [0.25, 0.3) is 0 Å². The van der Waals surface area contributed by atoms with Gasteiger partial charge < -0.3 is 4.74 Å². The molecule has 4 nitrogen and oxygen atoms in total. The maximum atomic E-state index is 12.5. The van der Waals surface area contributed by atoms with E-state index < -0.39 is 0 Å². The molecule has 0 N–H and O–H groups in total. The van der Waals surface area contributed by atoms with Gasteiger partial charge in [0, 0.05) is 17.2 Å². The van der Waals surface area contributed by atoms with Crippen molar-refractivity contribution in [3.63, 3.8) is 0 Å². The number of hydrogen-bond donors (Lipinski definition) is 0. The van der Waals surface area contributed by atoms with Gasteiger partial charge in [0.1, 0.15) is 11.6 Å². The van der Waals surface area contributed by atoms with Crippen LogP contribution in [0.2, 0.25) is 0 Å². The number of aromatic nitrogens is 1. The summed E-state index contributed by atoms with van der Waals surface area (Å²) in [6.07, 6.45) is 1.68. The maximum Gasteiger partial charge on any atom is 0.266 e. The predicted octanol–water partition coefficient (Wildman–Crippen LogP) is 4.71. The number of hydrogen-bond acceptors (Lipinski definition) is 3. The molecule has 2 aromatic rings. The fourth-order valence-electron chi connectivity index (χ4n) is 2.45. The summed E-state index contributed by atoms with van der Waals surface area (Å²) in [6.45, 7) is 8.71. The number of pyridine rings is 1. The molecule has 24 heavy (non-hydrogen) atoms. The van der Waals surface area contributed by atoms with Crippen molar-refractivity contribution in [2.45, 2.75) is 33.6 Å². The first-order valence-electron chi connectivity index (χ1n) is 8.07. The Morgan fingerprint density at radius 2 is 2.04 bits per heavy atom. The van der Waals surface area contributed by atoms with Gasteiger partial charge in [-0.05, 0) is 65.0 Å². The summed E-state index contributed by atoms with van der Waals surface area (Å²) in [5.41, 5.74) is 2.22. The van der Waals surface area contributed by atoms with Crippen LogP contribution < -0.4 is 9.64 Å². The number of nitrogens with zero attached hydrogens (tertiary/aromatic N) is 2. The van der Waals surface area contributed by atoms with Gasteiger partial charge in [0.2, 0.25) is 0 Å². The lowest BCUT2D eigenvalue weighted by molar-refractivity contribution is -0.120. The van der Waals surface area contributed by atoms with Gasteiger partial charge in [0.15, 0.2) is 6.61 Å². The SMILES string of the molecule is CCN(C(=O)COc1cc(C)ccc1C(C)C)c1ccc(Br)cn1. The van der Waals surface area contributed by atoms with E-state index in [4.69, 9.17) is 4.74 Å². The van der Waals surface area contributed by atoms with Crippen molar-refractivity contribution in [1.29, 1.82) is 0 Å². The zero-order chi connectivity index (χ0) is 17.7. The van der Waals surface area contributed by atoms with Crippen LogP contribution >= 0.6 is 15.9 Å². The number of benzene rings is 1. The van der Waals surface area contributed by atoms with Crippen molar-refractivity contribution >= 4 is 27.7 Å². The summed E-state index contributed by atoms with van der Waals surface area (Å²) in [6, 6.07) is 9.80. The molecule has 1 amide bonds. The molecule has 0 bridgehead atoms. The summed E-state index contributed by atoms with van der Waals surface area (Å²) in [4.78, 5) is 18.5. The first-order valence-corrected chi connectivity index (χ1v) is 8.87. The summed E-state index contributed by atoms with van der Waals surface area (Å²) < 4.78 is 6.72. The Balaban J connectivity index is 2.12. The van der Waals surface area contributed by atoms with Gasteiger partial charge in [0.25, 0.3) is 5.91 Å². The summed E-state index contributed by atoms with van der Waals surface area (Å²) in [5.74, 6) is 1.63. The standard InChI is InChI=1S/C19H23BrN2O2/c1-5-22(18-9-7-15(20)11-21-18)19(23)12-24-17-10-14(4)6-8-16(17)13(2)3/h6-11,13H,5,12H2,1-4H3. The van der Waals surface area contributed by atoms with Crippen molar-refractivity contribution in [3.05, 3.63) is 52.1 Å². The van der Waals surface area contributed by atoms with E-state index in [9.17, 15) is 4.79 Å². The van der Waals surface area contributed by atoms with E-state index in [0.29, 0.717) is 18.3 Å². The number of likely N-dealkylation sites (N-methyl/N-ethyl adjacent to an activating group) is 1. The number of aryl methyl sites for hydroxylation is 1. The molecule has 0 aliphatic carbocycles. The molecule has 0 atom stereocenters. The quantitative estimate of drug-likeness (QED) is 0.717. The first kappa shape index (κ1) is 18.5. The predicted molar refractivity (Wildman–Crippen MR) is 101 cm³/mol. The van der Waals surface area contributed by atoms with Crippen LogP contribution in [0.5, 0.6) is 5.75 Å². The third-order valence-corrected chi connectivity index (χ3v) is 4.22. The largest absolute Gasteiger partial charge is 0.483 e. The second-order valence-corrected chi connectivity index (χ2v) is 6.87. The van der Waals surface area contributed by atoms with Gasteiger partial charge in [-0.1, -0.05) is 26.0 Å². The van der Waals surface area contributed by atoms with Crippen LogP contribution in [0.3, 0.4) is 0 Å². The monoisotopic (exact) mass is 390 g/mol. The first-order chi connectivity index (χ1) is 11.4. The van der Waals surface area contributed by atoms with E-state index in [2.05, 4.69) is 46.9 Å². The molecule has 1 aromatic heterocycles. The van der Waals surface area contributed by atoms with E-state index in [1.807, 2.05) is 32.0 Å². The smallest absolute Gasteiger partial charge is 0.266 e. The fraction of sp³-hybridized carbons (Fsp3) is 0.368. The Morgan fingerprint density at radius 3 is 2.62 bits per heavy atom. The van der Waals surface area contributed by atoms with Crippen molar-refractivity contribution in [1.82, 2.24) is 4.98 Å². The van der Waals surface area contributed by atoms with Crippen LogP contribution in [0.15, 0.2) is 41.0 Å². The molecule has 128 valence electrons. The summed E-state index contributed by atoms with van der Waals surface area (Å²) in [5, 5.41) is 0. The Labute approximate surface area is 152 Å². The normalized spacial score (nSPS) is 10.8. The average molecular weight is 391 g/mol. The van der Waals surface area contributed by atoms with E-state index >= 15 is 0 Å². The molecule has 1 heterocycles. The Hall–Kier alpha value is -1.88. The Kier molecular flexibility index (Phi) is 6.37. The maximum absolute atomic E-state index is 12.5. The summed E-state index contributed by atoms with van der Waals surface area (Å²) in [7, 11) is 0. The third-order valence-electron chi connectivity index (χ3n) is 3.75. The number of halogens is 1. The molecule has 0 radical (unpaired) electrons. The molecule has 0 aliphatic heterocycles. The second-order valence-electron chi connectivity index (χ2n) is 5.96. The van der Waals surface area contributed by atoms with Crippen LogP contribution in [0.1, 0.15) is 37.8 Å². The number of ether oxygens (including phenoxy) is 1. The van der Waals surface area contributed by atoms with Crippen LogP contribution in [-0.4, -0.2) is 24.0 Å². The number of amides is 1. The zero-order valence-corrected chi connectivity index (χ0v) is 16.1. The molecule has 0 saturated carbocycles. The van der Waals surface area contributed by atoms with Crippen molar-refractivity contribution in [2.24, 2.45) is 0 Å². The van der Waals surface area contributed by atoms with Crippen molar-refractivity contribution < 1.29 is 9.53 Å². The van der Waals surface area contributed by atoms with Gasteiger partial charge in [0.05, 0.1) is 0 Å². The molecule has 2 rings (SSSR count). The van der Waals surface area contributed by atoms with Crippen LogP contribution in [0, 0.1) is 6.92 Å². The lowest BCUT2D eigenvalue weighted by Gasteiger charge is -2.21. The van der Waals surface area contributed by atoms with E-state index in [-0.39, 0.29) is 12.5 Å². The second kappa shape index (κ2) is 8.29. The number of rotatable bonds is 6. The molecule has 0 unspecified atom stereocenters. The third kappa shape index (κ3) is 4.57.